The summed E-state index contributed by atoms with van der Waals surface area (Å²) in [5.74, 6) is 0.490. The molecule has 136 valence electrons. The lowest BCUT2D eigenvalue weighted by molar-refractivity contribution is 0.188. The molecular formula is C17H13BrF2NO3PS. The first kappa shape index (κ1) is 19.3. The molecule has 0 aliphatic rings. The van der Waals surface area contributed by atoms with Crippen molar-refractivity contribution >= 4 is 46.2 Å². The molecule has 3 aromatic rings. The molecule has 0 spiro atoms. The van der Waals surface area contributed by atoms with Crippen molar-refractivity contribution in [3.05, 3.63) is 64.6 Å². The van der Waals surface area contributed by atoms with E-state index in [1.165, 1.54) is 17.8 Å². The van der Waals surface area contributed by atoms with Gasteiger partial charge < -0.3 is 9.42 Å². The van der Waals surface area contributed by atoms with E-state index >= 15 is 0 Å². The van der Waals surface area contributed by atoms with E-state index in [0.717, 1.165) is 21.5 Å². The number of hydrogen-bond donors (Lipinski definition) is 1. The van der Waals surface area contributed by atoms with Crippen LogP contribution in [0, 0.1) is 0 Å². The summed E-state index contributed by atoms with van der Waals surface area (Å²) >= 11 is 4.70. The van der Waals surface area contributed by atoms with Gasteiger partial charge in [-0.25, -0.2) is 9.55 Å². The second kappa shape index (κ2) is 8.05. The van der Waals surface area contributed by atoms with Crippen molar-refractivity contribution in [2.75, 3.05) is 0 Å². The number of hydrogen-bond acceptors (Lipinski definition) is 4. The molecule has 1 unspecified atom stereocenters. The van der Waals surface area contributed by atoms with Gasteiger partial charge in [0, 0.05) is 11.1 Å². The predicted octanol–water partition coefficient (Wildman–Crippen LogP) is 6.08. The fraction of sp³-hybridized carbons (Fsp3) is 0.118. The van der Waals surface area contributed by atoms with E-state index in [9.17, 15) is 13.3 Å². The van der Waals surface area contributed by atoms with Crippen molar-refractivity contribution in [3.63, 3.8) is 0 Å². The zero-order valence-corrected chi connectivity index (χ0v) is 16.5. The van der Waals surface area contributed by atoms with Gasteiger partial charge in [0.15, 0.2) is 0 Å². The van der Waals surface area contributed by atoms with Gasteiger partial charge in [-0.2, -0.15) is 8.78 Å². The Morgan fingerprint density at radius 1 is 1.19 bits per heavy atom. The molecule has 2 aromatic carbocycles. The number of alkyl halides is 2. The van der Waals surface area contributed by atoms with Crippen LogP contribution in [-0.4, -0.2) is 16.0 Å². The van der Waals surface area contributed by atoms with Crippen LogP contribution in [0.4, 0.5) is 8.78 Å². The Bertz CT molecular complexity index is 989. The van der Waals surface area contributed by atoms with E-state index in [-0.39, 0.29) is 5.75 Å². The number of para-hydroxylation sites is 1. The summed E-state index contributed by atoms with van der Waals surface area (Å²) in [4.78, 5) is 13.7. The third-order valence-corrected chi connectivity index (χ3v) is 6.00. The topological polar surface area (TPSA) is 59.4 Å². The summed E-state index contributed by atoms with van der Waals surface area (Å²) in [6.07, 6.45) is -3.45. The van der Waals surface area contributed by atoms with Gasteiger partial charge in [0.2, 0.25) is 0 Å². The number of pyridine rings is 1. The fourth-order valence-corrected chi connectivity index (χ4v) is 4.15. The lowest BCUT2D eigenvalue weighted by atomic mass is 10.2. The smallest absolute Gasteiger partial charge is 0.420 e. The van der Waals surface area contributed by atoms with Crippen LogP contribution in [0.25, 0.3) is 10.9 Å². The lowest BCUT2D eigenvalue weighted by Crippen LogP contribution is -2.01. The first-order chi connectivity index (χ1) is 12.3. The molecule has 0 aliphatic heterocycles. The number of nitrogens with zero attached hydrogens (tertiary/aromatic N) is 1. The van der Waals surface area contributed by atoms with Crippen molar-refractivity contribution in [2.45, 2.75) is 16.9 Å². The van der Waals surface area contributed by atoms with Crippen LogP contribution < -0.4 is 4.52 Å². The fourth-order valence-electron chi connectivity index (χ4n) is 2.17. The van der Waals surface area contributed by atoms with E-state index in [1.807, 2.05) is 36.4 Å². The van der Waals surface area contributed by atoms with Gasteiger partial charge >= 0.3 is 13.8 Å². The highest BCUT2D eigenvalue weighted by Crippen LogP contribution is 2.50. The molecule has 26 heavy (non-hydrogen) atoms. The van der Waals surface area contributed by atoms with E-state index < -0.39 is 13.8 Å². The zero-order chi connectivity index (χ0) is 18.7. The first-order valence-corrected chi connectivity index (χ1v) is 10.8. The standard InChI is InChI=1S/C17H13BrF2NO3PS/c18-13-9-11(5-7-15(13)24-25(22,23)17(19)20)10-26-16-8-6-12-3-1-2-4-14(12)21-16/h1-9,17H,10H2,(H,22,23). The number of fused-ring (bicyclic) bond motifs is 1. The molecule has 1 atom stereocenters. The Morgan fingerprint density at radius 2 is 1.96 bits per heavy atom. The normalized spacial score (nSPS) is 13.7. The minimum absolute atomic E-state index is 0.103. The van der Waals surface area contributed by atoms with Crippen LogP contribution in [0.3, 0.4) is 0 Å². The Kier molecular flexibility index (Phi) is 5.97. The highest BCUT2D eigenvalue weighted by molar-refractivity contribution is 9.10. The molecule has 0 aliphatic carbocycles. The molecule has 0 saturated heterocycles. The second-order valence-corrected chi connectivity index (χ2v) is 8.88. The lowest BCUT2D eigenvalue weighted by Gasteiger charge is -2.14. The van der Waals surface area contributed by atoms with E-state index in [1.54, 1.807) is 12.1 Å². The SMILES string of the molecule is O=P(O)(Oc1ccc(CSc2ccc3ccccc3n2)cc1Br)C(F)F. The second-order valence-electron chi connectivity index (χ2n) is 5.33. The Hall–Kier alpha value is -1.47. The molecule has 0 fully saturated rings. The van der Waals surface area contributed by atoms with Crippen molar-refractivity contribution in [2.24, 2.45) is 0 Å². The molecule has 0 amide bonds. The predicted molar refractivity (Wildman–Crippen MR) is 102 cm³/mol. The van der Waals surface area contributed by atoms with E-state index in [4.69, 9.17) is 4.89 Å². The maximum Gasteiger partial charge on any atom is 0.442 e. The third-order valence-electron chi connectivity index (χ3n) is 3.43. The molecule has 1 N–H and O–H groups in total. The molecular weight excluding hydrogens is 447 g/mol. The maximum absolute atomic E-state index is 12.5. The van der Waals surface area contributed by atoms with Crippen LogP contribution in [0.15, 0.2) is 64.1 Å². The minimum atomic E-state index is -4.99. The molecule has 0 radical (unpaired) electrons. The van der Waals surface area contributed by atoms with Crippen LogP contribution in [0.1, 0.15) is 5.56 Å². The quantitative estimate of drug-likeness (QED) is 0.357. The number of aromatic nitrogens is 1. The molecule has 0 bridgehead atoms. The summed E-state index contributed by atoms with van der Waals surface area (Å²) in [7, 11) is -4.99. The summed E-state index contributed by atoms with van der Waals surface area (Å²) in [6, 6.07) is 16.5. The molecule has 4 nitrogen and oxygen atoms in total. The molecule has 3 rings (SSSR count). The number of rotatable bonds is 6. The Morgan fingerprint density at radius 3 is 2.69 bits per heavy atom. The third kappa shape index (κ3) is 4.62. The van der Waals surface area contributed by atoms with Gasteiger partial charge in [0.25, 0.3) is 0 Å². The summed E-state index contributed by atoms with van der Waals surface area (Å²) in [5.41, 5.74) is 1.79. The average molecular weight is 460 g/mol. The summed E-state index contributed by atoms with van der Waals surface area (Å²) < 4.78 is 41.1. The average Bonchev–Trinajstić information content (AvgIpc) is 2.61. The van der Waals surface area contributed by atoms with E-state index in [2.05, 4.69) is 25.4 Å². The summed E-state index contributed by atoms with van der Waals surface area (Å²) in [5, 5.41) is 1.92. The van der Waals surface area contributed by atoms with Gasteiger partial charge in [-0.1, -0.05) is 30.3 Å². The van der Waals surface area contributed by atoms with Gasteiger partial charge in [0.05, 0.1) is 15.0 Å². The van der Waals surface area contributed by atoms with E-state index in [0.29, 0.717) is 10.2 Å². The van der Waals surface area contributed by atoms with Crippen molar-refractivity contribution in [3.8, 4) is 5.75 Å². The largest absolute Gasteiger partial charge is 0.442 e. The van der Waals surface area contributed by atoms with Crippen molar-refractivity contribution < 1.29 is 22.8 Å². The molecule has 9 heteroatoms. The minimum Gasteiger partial charge on any atom is -0.420 e. The van der Waals surface area contributed by atoms with Crippen LogP contribution >= 0.6 is 35.3 Å². The van der Waals surface area contributed by atoms with Crippen LogP contribution in [0.5, 0.6) is 5.75 Å². The number of thioether (sulfide) groups is 1. The Labute approximate surface area is 161 Å². The monoisotopic (exact) mass is 459 g/mol. The van der Waals surface area contributed by atoms with Crippen LogP contribution in [-0.2, 0) is 10.3 Å². The highest BCUT2D eigenvalue weighted by Gasteiger charge is 2.34. The van der Waals surface area contributed by atoms with Crippen molar-refractivity contribution in [1.82, 2.24) is 4.98 Å². The van der Waals surface area contributed by atoms with Crippen LogP contribution in [0.2, 0.25) is 0 Å². The Balaban J connectivity index is 1.70. The molecule has 1 heterocycles. The van der Waals surface area contributed by atoms with Gasteiger partial charge in [-0.3, -0.25) is 0 Å². The van der Waals surface area contributed by atoms with Crippen molar-refractivity contribution in [1.29, 1.82) is 0 Å². The number of benzene rings is 2. The highest BCUT2D eigenvalue weighted by atomic mass is 79.9. The van der Waals surface area contributed by atoms with Gasteiger partial charge in [0.1, 0.15) is 5.75 Å². The summed E-state index contributed by atoms with van der Waals surface area (Å²) in [6.45, 7) is 0. The molecule has 1 aromatic heterocycles. The number of halogens is 3. The first-order valence-electron chi connectivity index (χ1n) is 7.42. The molecule has 0 saturated carbocycles. The van der Waals surface area contributed by atoms with Gasteiger partial charge in [-0.15, -0.1) is 11.8 Å². The van der Waals surface area contributed by atoms with Gasteiger partial charge in [-0.05, 0) is 45.8 Å². The maximum atomic E-state index is 12.5. The zero-order valence-electron chi connectivity index (χ0n) is 13.2.